The average Bonchev–Trinajstić information content (AvgIpc) is 2.88. The highest BCUT2D eigenvalue weighted by Gasteiger charge is 2.46. The molecule has 2 heterocycles. The van der Waals surface area contributed by atoms with Crippen LogP contribution >= 0.6 is 22.7 Å². The molecule has 1 fully saturated rings. The van der Waals surface area contributed by atoms with Gasteiger partial charge >= 0.3 is 0 Å². The first kappa shape index (κ1) is 14.7. The van der Waals surface area contributed by atoms with Crippen molar-refractivity contribution in [1.82, 2.24) is 9.71 Å². The minimum Gasteiger partial charge on any atom is -0.274 e. The Morgan fingerprint density at radius 3 is 2.76 bits per heavy atom. The molecule has 2 aromatic rings. The number of nitrogens with one attached hydrogen (secondary N) is 1. The standard InChI is InChI=1S/C13H14N2O3S3/c1-7-3-4-19-12(7)9-5-10(9)13(16)15-21(17,18)11-6-14-8(2)20-11/h3-4,6,9-10H,5H2,1-2H3,(H,15,16)/t9-,10+/m1/s1. The number of carbonyl (C=O) groups is 1. The Kier molecular flexibility index (Phi) is 3.62. The lowest BCUT2D eigenvalue weighted by Gasteiger charge is -2.04. The Labute approximate surface area is 131 Å². The lowest BCUT2D eigenvalue weighted by Crippen LogP contribution is -2.31. The van der Waals surface area contributed by atoms with E-state index in [0.717, 1.165) is 11.3 Å². The van der Waals surface area contributed by atoms with Gasteiger partial charge in [0.1, 0.15) is 0 Å². The second-order valence-corrected chi connectivity index (χ2v) is 9.18. The van der Waals surface area contributed by atoms with Crippen molar-refractivity contribution in [2.45, 2.75) is 30.4 Å². The zero-order valence-electron chi connectivity index (χ0n) is 11.5. The molecule has 0 aliphatic heterocycles. The number of sulfonamides is 1. The largest absolute Gasteiger partial charge is 0.275 e. The highest BCUT2D eigenvalue weighted by atomic mass is 32.2. The molecule has 3 rings (SSSR count). The van der Waals surface area contributed by atoms with Gasteiger partial charge in [-0.1, -0.05) is 0 Å². The highest BCUT2D eigenvalue weighted by molar-refractivity contribution is 7.92. The fraction of sp³-hybridized carbons (Fsp3) is 0.385. The third-order valence-electron chi connectivity index (χ3n) is 3.47. The van der Waals surface area contributed by atoms with Crippen LogP contribution in [0.3, 0.4) is 0 Å². The van der Waals surface area contributed by atoms with Crippen LogP contribution in [0.15, 0.2) is 21.9 Å². The molecule has 1 amide bonds. The molecule has 0 radical (unpaired) electrons. The Bertz CT molecular complexity index is 791. The van der Waals surface area contributed by atoms with Crippen LogP contribution < -0.4 is 4.72 Å². The summed E-state index contributed by atoms with van der Waals surface area (Å²) in [5.74, 6) is -0.506. The molecule has 0 saturated heterocycles. The number of aromatic nitrogens is 1. The molecule has 0 spiro atoms. The van der Waals surface area contributed by atoms with Crippen LogP contribution in [0.4, 0.5) is 0 Å². The van der Waals surface area contributed by atoms with Gasteiger partial charge in [0, 0.05) is 16.7 Å². The third-order valence-corrected chi connectivity index (χ3v) is 7.34. The average molecular weight is 342 g/mol. The van der Waals surface area contributed by atoms with Crippen LogP contribution in [-0.2, 0) is 14.8 Å². The molecule has 1 N–H and O–H groups in total. The summed E-state index contributed by atoms with van der Waals surface area (Å²) in [6, 6.07) is 2.02. The summed E-state index contributed by atoms with van der Waals surface area (Å²) < 4.78 is 26.4. The van der Waals surface area contributed by atoms with E-state index in [1.807, 2.05) is 18.4 Å². The minimum absolute atomic E-state index is 0.0813. The van der Waals surface area contributed by atoms with Crippen molar-refractivity contribution in [2.75, 3.05) is 0 Å². The van der Waals surface area contributed by atoms with Crippen LogP contribution in [0.1, 0.15) is 27.8 Å². The van der Waals surface area contributed by atoms with Gasteiger partial charge in [0.25, 0.3) is 10.0 Å². The van der Waals surface area contributed by atoms with Crippen LogP contribution in [-0.4, -0.2) is 19.3 Å². The molecule has 1 aliphatic carbocycles. The predicted molar refractivity (Wildman–Crippen MR) is 82.1 cm³/mol. The lowest BCUT2D eigenvalue weighted by molar-refractivity contribution is -0.120. The SMILES string of the molecule is Cc1ncc(S(=O)(=O)NC(=O)[C@H]2C[C@H]2c2sccc2C)s1. The van der Waals surface area contributed by atoms with Crippen LogP contribution in [0, 0.1) is 19.8 Å². The van der Waals surface area contributed by atoms with Crippen molar-refractivity contribution in [1.29, 1.82) is 0 Å². The van der Waals surface area contributed by atoms with E-state index in [9.17, 15) is 13.2 Å². The molecule has 1 aliphatic rings. The number of carbonyl (C=O) groups excluding carboxylic acids is 1. The van der Waals surface area contributed by atoms with Gasteiger partial charge < -0.3 is 0 Å². The zero-order chi connectivity index (χ0) is 15.2. The van der Waals surface area contributed by atoms with E-state index in [1.54, 1.807) is 18.3 Å². The second-order valence-electron chi connectivity index (χ2n) is 5.08. The summed E-state index contributed by atoms with van der Waals surface area (Å²) in [5, 5.41) is 2.65. The number of nitrogens with zero attached hydrogens (tertiary/aromatic N) is 1. The lowest BCUT2D eigenvalue weighted by atomic mass is 10.2. The van der Waals surface area contributed by atoms with E-state index in [2.05, 4.69) is 9.71 Å². The molecule has 112 valence electrons. The third kappa shape index (κ3) is 2.88. The molecule has 5 nitrogen and oxygen atoms in total. The van der Waals surface area contributed by atoms with Crippen LogP contribution in [0.25, 0.3) is 0 Å². The van der Waals surface area contributed by atoms with Gasteiger partial charge in [-0.25, -0.2) is 18.1 Å². The quantitative estimate of drug-likeness (QED) is 0.926. The van der Waals surface area contributed by atoms with Gasteiger partial charge in [-0.05, 0) is 37.3 Å². The fourth-order valence-electron chi connectivity index (χ4n) is 2.26. The van der Waals surface area contributed by atoms with Gasteiger partial charge in [0.2, 0.25) is 5.91 Å². The fourth-order valence-corrected chi connectivity index (χ4v) is 5.51. The summed E-state index contributed by atoms with van der Waals surface area (Å²) in [6.45, 7) is 3.73. The first-order valence-electron chi connectivity index (χ1n) is 6.41. The smallest absolute Gasteiger partial charge is 0.274 e. The number of hydrogen-bond acceptors (Lipinski definition) is 6. The molecule has 0 aromatic carbocycles. The molecule has 2 atom stereocenters. The number of thiazole rings is 1. The van der Waals surface area contributed by atoms with Crippen molar-refractivity contribution in [3.05, 3.63) is 33.1 Å². The van der Waals surface area contributed by atoms with E-state index in [-0.39, 0.29) is 16.0 Å². The zero-order valence-corrected chi connectivity index (χ0v) is 13.9. The summed E-state index contributed by atoms with van der Waals surface area (Å²) in [7, 11) is -3.79. The molecule has 8 heteroatoms. The Morgan fingerprint density at radius 2 is 2.19 bits per heavy atom. The molecule has 0 bridgehead atoms. The van der Waals surface area contributed by atoms with Crippen molar-refractivity contribution < 1.29 is 13.2 Å². The van der Waals surface area contributed by atoms with E-state index in [0.29, 0.717) is 11.4 Å². The molecule has 2 aromatic heterocycles. The summed E-state index contributed by atoms with van der Waals surface area (Å²) >= 11 is 2.68. The minimum atomic E-state index is -3.79. The van der Waals surface area contributed by atoms with Crippen molar-refractivity contribution in [3.63, 3.8) is 0 Å². The number of aryl methyl sites for hydroxylation is 2. The maximum absolute atomic E-state index is 12.1. The normalized spacial score (nSPS) is 21.2. The van der Waals surface area contributed by atoms with E-state index in [1.165, 1.54) is 16.6 Å². The van der Waals surface area contributed by atoms with Gasteiger partial charge in [-0.3, -0.25) is 4.79 Å². The molecule has 1 saturated carbocycles. The van der Waals surface area contributed by atoms with E-state index in [4.69, 9.17) is 0 Å². The summed E-state index contributed by atoms with van der Waals surface area (Å²) in [5.41, 5.74) is 1.17. The molecular formula is C13H14N2O3S3. The Hall–Kier alpha value is -1.25. The molecular weight excluding hydrogens is 328 g/mol. The van der Waals surface area contributed by atoms with Gasteiger partial charge in [-0.2, -0.15) is 0 Å². The van der Waals surface area contributed by atoms with Crippen molar-refractivity contribution in [3.8, 4) is 0 Å². The van der Waals surface area contributed by atoms with Crippen LogP contribution in [0.5, 0.6) is 0 Å². The summed E-state index contributed by atoms with van der Waals surface area (Å²) in [6.07, 6.45) is 1.99. The number of amides is 1. The maximum atomic E-state index is 12.1. The Morgan fingerprint density at radius 1 is 1.43 bits per heavy atom. The van der Waals surface area contributed by atoms with E-state index < -0.39 is 15.9 Å². The summed E-state index contributed by atoms with van der Waals surface area (Å²) in [4.78, 5) is 17.2. The second kappa shape index (κ2) is 5.19. The first-order chi connectivity index (χ1) is 9.88. The van der Waals surface area contributed by atoms with Crippen molar-refractivity contribution in [2.24, 2.45) is 5.92 Å². The van der Waals surface area contributed by atoms with Crippen molar-refractivity contribution >= 4 is 38.6 Å². The van der Waals surface area contributed by atoms with E-state index >= 15 is 0 Å². The Balaban J connectivity index is 1.70. The molecule has 0 unspecified atom stereocenters. The predicted octanol–water partition coefficient (Wildman–Crippen LogP) is 2.43. The highest BCUT2D eigenvalue weighted by Crippen LogP contribution is 2.50. The van der Waals surface area contributed by atoms with Crippen LogP contribution in [0.2, 0.25) is 0 Å². The topological polar surface area (TPSA) is 76.1 Å². The monoisotopic (exact) mass is 342 g/mol. The van der Waals surface area contributed by atoms with Gasteiger partial charge in [-0.15, -0.1) is 22.7 Å². The van der Waals surface area contributed by atoms with Gasteiger partial charge in [0.05, 0.1) is 11.2 Å². The van der Waals surface area contributed by atoms with Gasteiger partial charge in [0.15, 0.2) is 4.21 Å². The number of rotatable bonds is 4. The number of thiophene rings is 1. The first-order valence-corrected chi connectivity index (χ1v) is 9.59. The number of hydrogen-bond donors (Lipinski definition) is 1. The molecule has 21 heavy (non-hydrogen) atoms. The maximum Gasteiger partial charge on any atom is 0.275 e.